The quantitative estimate of drug-likeness (QED) is 0.783. The Morgan fingerprint density at radius 3 is 2.63 bits per heavy atom. The van der Waals surface area contributed by atoms with Gasteiger partial charge in [0.05, 0.1) is 13.7 Å². The fraction of sp³-hybridized carbons (Fsp3) is 0.348. The van der Waals surface area contributed by atoms with Crippen molar-refractivity contribution in [3.63, 3.8) is 0 Å². The molecule has 0 radical (unpaired) electrons. The number of methoxy groups -OCH3 is 1. The van der Waals surface area contributed by atoms with Crippen molar-refractivity contribution in [1.29, 1.82) is 0 Å². The number of rotatable bonds is 6. The summed E-state index contributed by atoms with van der Waals surface area (Å²) in [6, 6.07) is 16.6. The van der Waals surface area contributed by atoms with Crippen LogP contribution in [0.3, 0.4) is 0 Å². The molecule has 0 saturated carbocycles. The second-order valence-corrected chi connectivity index (χ2v) is 7.17. The van der Waals surface area contributed by atoms with E-state index in [1.165, 1.54) is 16.7 Å². The number of nitrogens with zero attached hydrogens (tertiary/aromatic N) is 2. The first-order valence-electron chi connectivity index (χ1n) is 9.41. The lowest BCUT2D eigenvalue weighted by Crippen LogP contribution is -2.40. The van der Waals surface area contributed by atoms with E-state index < -0.39 is 0 Å². The minimum atomic E-state index is 0.174. The molecule has 0 aliphatic carbocycles. The number of aryl methyl sites for hydroxylation is 1. The second kappa shape index (κ2) is 8.87. The average molecular weight is 364 g/mol. The Hall–Kier alpha value is -2.59. The van der Waals surface area contributed by atoms with Gasteiger partial charge in [0, 0.05) is 25.2 Å². The molecule has 1 heterocycles. The third-order valence-corrected chi connectivity index (χ3v) is 4.99. The van der Waals surface area contributed by atoms with E-state index in [1.807, 2.05) is 30.1 Å². The first-order valence-corrected chi connectivity index (χ1v) is 9.41. The highest BCUT2D eigenvalue weighted by atomic mass is 16.5. The average Bonchev–Trinajstić information content (AvgIpc) is 2.69. The maximum absolute atomic E-state index is 12.7. The fourth-order valence-electron chi connectivity index (χ4n) is 3.52. The van der Waals surface area contributed by atoms with E-state index >= 15 is 0 Å². The molecule has 4 nitrogen and oxygen atoms in total. The van der Waals surface area contributed by atoms with Crippen molar-refractivity contribution in [1.82, 2.24) is 9.80 Å². The van der Waals surface area contributed by atoms with Crippen molar-refractivity contribution in [2.75, 3.05) is 33.8 Å². The van der Waals surface area contributed by atoms with Crippen LogP contribution in [0.1, 0.15) is 23.1 Å². The van der Waals surface area contributed by atoms with Crippen LogP contribution in [0.15, 0.2) is 54.6 Å². The lowest BCUT2D eigenvalue weighted by molar-refractivity contribution is -0.131. The number of amides is 1. The number of ether oxygens (including phenoxy) is 1. The minimum absolute atomic E-state index is 0.174. The normalized spacial score (nSPS) is 14.2. The van der Waals surface area contributed by atoms with Crippen molar-refractivity contribution in [2.45, 2.75) is 19.9 Å². The van der Waals surface area contributed by atoms with Gasteiger partial charge in [-0.25, -0.2) is 0 Å². The molecule has 0 spiro atoms. The van der Waals surface area contributed by atoms with Crippen LogP contribution in [-0.4, -0.2) is 49.5 Å². The minimum Gasteiger partial charge on any atom is -0.496 e. The van der Waals surface area contributed by atoms with Gasteiger partial charge in [0.1, 0.15) is 5.75 Å². The molecule has 3 rings (SSSR count). The summed E-state index contributed by atoms with van der Waals surface area (Å²) in [6.45, 7) is 4.63. The Bertz CT molecular complexity index is 814. The van der Waals surface area contributed by atoms with Gasteiger partial charge in [-0.05, 0) is 37.6 Å². The summed E-state index contributed by atoms with van der Waals surface area (Å²) in [5.74, 6) is 1.04. The Labute approximate surface area is 162 Å². The highest BCUT2D eigenvalue weighted by molar-refractivity contribution is 5.80. The molecule has 1 amide bonds. The van der Waals surface area contributed by atoms with Crippen molar-refractivity contribution >= 4 is 11.5 Å². The summed E-state index contributed by atoms with van der Waals surface area (Å²) < 4.78 is 5.45. The largest absolute Gasteiger partial charge is 0.496 e. The van der Waals surface area contributed by atoms with Crippen LogP contribution >= 0.6 is 0 Å². The van der Waals surface area contributed by atoms with Crippen LogP contribution < -0.4 is 4.74 Å². The van der Waals surface area contributed by atoms with Crippen LogP contribution in [0.4, 0.5) is 0 Å². The van der Waals surface area contributed by atoms with E-state index in [9.17, 15) is 4.79 Å². The molecular formula is C23H28N2O2. The molecule has 0 N–H and O–H groups in total. The molecule has 4 heteroatoms. The highest BCUT2D eigenvalue weighted by Gasteiger charge is 2.19. The second-order valence-electron chi connectivity index (χ2n) is 7.17. The molecule has 1 aliphatic heterocycles. The van der Waals surface area contributed by atoms with Gasteiger partial charge >= 0.3 is 0 Å². The molecular weight excluding hydrogens is 336 g/mol. The Kier molecular flexibility index (Phi) is 6.30. The SMILES string of the molecule is COc1ccc(C)cc1CN(C)CC(=O)N1CC=C(c2ccccc2)CC1. The summed E-state index contributed by atoms with van der Waals surface area (Å²) in [7, 11) is 3.67. The van der Waals surface area contributed by atoms with Crippen LogP contribution in [0.25, 0.3) is 5.57 Å². The molecule has 0 unspecified atom stereocenters. The molecule has 0 aromatic heterocycles. The first kappa shape index (κ1) is 19.2. The van der Waals surface area contributed by atoms with E-state index in [1.54, 1.807) is 7.11 Å². The number of carbonyl (C=O) groups is 1. The molecule has 1 aliphatic rings. The molecule has 0 saturated heterocycles. The monoisotopic (exact) mass is 364 g/mol. The van der Waals surface area contributed by atoms with Crippen molar-refractivity contribution in [3.8, 4) is 5.75 Å². The Morgan fingerprint density at radius 2 is 1.96 bits per heavy atom. The molecule has 27 heavy (non-hydrogen) atoms. The summed E-state index contributed by atoms with van der Waals surface area (Å²) in [5.41, 5.74) is 4.89. The van der Waals surface area contributed by atoms with Crippen LogP contribution in [0, 0.1) is 6.92 Å². The zero-order valence-corrected chi connectivity index (χ0v) is 16.4. The maximum atomic E-state index is 12.7. The predicted octanol–water partition coefficient (Wildman–Crippen LogP) is 3.75. The van der Waals surface area contributed by atoms with Gasteiger partial charge in [-0.3, -0.25) is 9.69 Å². The van der Waals surface area contributed by atoms with E-state index in [0.29, 0.717) is 19.6 Å². The van der Waals surface area contributed by atoms with Gasteiger partial charge in [0.25, 0.3) is 0 Å². The summed E-state index contributed by atoms with van der Waals surface area (Å²) in [4.78, 5) is 16.7. The number of carbonyl (C=O) groups excluding carboxylic acids is 1. The zero-order chi connectivity index (χ0) is 19.2. The fourth-order valence-corrected chi connectivity index (χ4v) is 3.52. The van der Waals surface area contributed by atoms with Gasteiger partial charge in [-0.1, -0.05) is 54.1 Å². The van der Waals surface area contributed by atoms with Crippen molar-refractivity contribution in [3.05, 3.63) is 71.3 Å². The van der Waals surface area contributed by atoms with Gasteiger partial charge in [-0.2, -0.15) is 0 Å². The smallest absolute Gasteiger partial charge is 0.237 e. The lowest BCUT2D eigenvalue weighted by Gasteiger charge is -2.28. The molecule has 142 valence electrons. The van der Waals surface area contributed by atoms with Crippen molar-refractivity contribution in [2.24, 2.45) is 0 Å². The zero-order valence-electron chi connectivity index (χ0n) is 16.4. The summed E-state index contributed by atoms with van der Waals surface area (Å²) in [6.07, 6.45) is 3.09. The van der Waals surface area contributed by atoms with E-state index in [0.717, 1.165) is 24.3 Å². The van der Waals surface area contributed by atoms with Crippen LogP contribution in [0.5, 0.6) is 5.75 Å². The molecule has 2 aromatic carbocycles. The summed E-state index contributed by atoms with van der Waals surface area (Å²) >= 11 is 0. The molecule has 0 fully saturated rings. The van der Waals surface area contributed by atoms with E-state index in [-0.39, 0.29) is 5.91 Å². The van der Waals surface area contributed by atoms with Gasteiger partial charge in [0.15, 0.2) is 0 Å². The van der Waals surface area contributed by atoms with E-state index in [2.05, 4.69) is 48.2 Å². The van der Waals surface area contributed by atoms with Crippen LogP contribution in [0.2, 0.25) is 0 Å². The number of likely N-dealkylation sites (N-methyl/N-ethyl adjacent to an activating group) is 1. The number of hydrogen-bond donors (Lipinski definition) is 0. The standard InChI is InChI=1S/C23H28N2O2/c1-18-9-10-22(27-3)21(15-18)16-24(2)17-23(26)25-13-11-20(12-14-25)19-7-5-4-6-8-19/h4-11,15H,12-14,16-17H2,1-3H3. The molecule has 0 bridgehead atoms. The molecule has 0 atom stereocenters. The third kappa shape index (κ3) is 4.98. The Balaban J connectivity index is 1.56. The van der Waals surface area contributed by atoms with E-state index in [4.69, 9.17) is 4.74 Å². The number of benzene rings is 2. The topological polar surface area (TPSA) is 32.8 Å². The molecule has 2 aromatic rings. The van der Waals surface area contributed by atoms with Gasteiger partial charge in [-0.15, -0.1) is 0 Å². The first-order chi connectivity index (χ1) is 13.1. The van der Waals surface area contributed by atoms with Gasteiger partial charge in [0.2, 0.25) is 5.91 Å². The van der Waals surface area contributed by atoms with Crippen LogP contribution in [-0.2, 0) is 11.3 Å². The predicted molar refractivity (Wildman–Crippen MR) is 110 cm³/mol. The highest BCUT2D eigenvalue weighted by Crippen LogP contribution is 2.23. The lowest BCUT2D eigenvalue weighted by atomic mass is 9.99. The van der Waals surface area contributed by atoms with Gasteiger partial charge < -0.3 is 9.64 Å². The number of hydrogen-bond acceptors (Lipinski definition) is 3. The summed E-state index contributed by atoms with van der Waals surface area (Å²) in [5, 5.41) is 0. The Morgan fingerprint density at radius 1 is 1.19 bits per heavy atom. The van der Waals surface area contributed by atoms with Crippen molar-refractivity contribution < 1.29 is 9.53 Å². The maximum Gasteiger partial charge on any atom is 0.237 e. The third-order valence-electron chi connectivity index (χ3n) is 4.99.